The molecule has 0 amide bonds. The number of hydrogen-bond acceptors (Lipinski definition) is 2. The number of anilines is 1. The van der Waals surface area contributed by atoms with Crippen molar-refractivity contribution in [2.24, 2.45) is 0 Å². The molecule has 1 rings (SSSR count). The lowest BCUT2D eigenvalue weighted by atomic mass is 10.1. The molecule has 0 aliphatic rings. The van der Waals surface area contributed by atoms with Crippen LogP contribution in [0.1, 0.15) is 27.2 Å². The van der Waals surface area contributed by atoms with Gasteiger partial charge in [-0.25, -0.2) is 13.8 Å². The van der Waals surface area contributed by atoms with Crippen molar-refractivity contribution in [2.75, 3.05) is 4.90 Å². The summed E-state index contributed by atoms with van der Waals surface area (Å²) in [6.07, 6.45) is 10.9. The third-order valence-electron chi connectivity index (χ3n) is 3.46. The summed E-state index contributed by atoms with van der Waals surface area (Å²) in [5, 5.41) is 0. The third kappa shape index (κ3) is 5.68. The molecule has 0 saturated heterocycles. The quantitative estimate of drug-likeness (QED) is 0.520. The summed E-state index contributed by atoms with van der Waals surface area (Å²) >= 11 is 0. The van der Waals surface area contributed by atoms with Gasteiger partial charge in [-0.15, -0.1) is 0 Å². The molecule has 25 heavy (non-hydrogen) atoms. The highest BCUT2D eigenvalue weighted by molar-refractivity contribution is 5.58. The van der Waals surface area contributed by atoms with Gasteiger partial charge < -0.3 is 0 Å². The number of rotatable bonds is 8. The Labute approximate surface area is 148 Å². The second-order valence-electron chi connectivity index (χ2n) is 5.53. The van der Waals surface area contributed by atoms with Crippen LogP contribution in [0.15, 0.2) is 84.9 Å². The molecule has 0 aromatic carbocycles. The van der Waals surface area contributed by atoms with Gasteiger partial charge in [0.25, 0.3) is 0 Å². The maximum Gasteiger partial charge on any atom is 0.173 e. The highest BCUT2D eigenvalue weighted by atomic mass is 19.1. The van der Waals surface area contributed by atoms with E-state index in [0.29, 0.717) is 11.3 Å². The highest BCUT2D eigenvalue weighted by Gasteiger charge is 2.17. The molecule has 1 heterocycles. The minimum atomic E-state index is -0.778. The van der Waals surface area contributed by atoms with Crippen molar-refractivity contribution in [2.45, 2.75) is 27.2 Å². The lowest BCUT2D eigenvalue weighted by molar-refractivity contribution is 0.573. The zero-order chi connectivity index (χ0) is 19.0. The highest BCUT2D eigenvalue weighted by Crippen LogP contribution is 2.26. The van der Waals surface area contributed by atoms with Crippen molar-refractivity contribution in [3.8, 4) is 0 Å². The van der Waals surface area contributed by atoms with Gasteiger partial charge in [-0.05, 0) is 37.0 Å². The zero-order valence-electron chi connectivity index (χ0n) is 15.0. The maximum absolute atomic E-state index is 14.3. The largest absolute Gasteiger partial charge is 0.299 e. The summed E-state index contributed by atoms with van der Waals surface area (Å²) in [6.45, 7) is 17.4. The molecule has 2 nitrogen and oxygen atoms in total. The molecule has 0 N–H and O–H groups in total. The van der Waals surface area contributed by atoms with Crippen LogP contribution in [-0.4, -0.2) is 4.98 Å². The Morgan fingerprint density at radius 3 is 2.48 bits per heavy atom. The molecule has 0 saturated carbocycles. The van der Waals surface area contributed by atoms with Crippen LogP contribution in [-0.2, 0) is 0 Å². The van der Waals surface area contributed by atoms with Crippen LogP contribution >= 0.6 is 0 Å². The van der Waals surface area contributed by atoms with Gasteiger partial charge >= 0.3 is 0 Å². The molecule has 0 spiro atoms. The topological polar surface area (TPSA) is 16.1 Å². The third-order valence-corrected chi connectivity index (χ3v) is 3.46. The Kier molecular flexibility index (Phi) is 7.73. The average molecular weight is 342 g/mol. The van der Waals surface area contributed by atoms with Crippen molar-refractivity contribution in [1.29, 1.82) is 0 Å². The predicted octanol–water partition coefficient (Wildman–Crippen LogP) is 6.24. The summed E-state index contributed by atoms with van der Waals surface area (Å²) in [5.74, 6) is -1.56. The lowest BCUT2D eigenvalue weighted by Crippen LogP contribution is -2.19. The van der Waals surface area contributed by atoms with E-state index >= 15 is 0 Å². The van der Waals surface area contributed by atoms with Gasteiger partial charge in [0.1, 0.15) is 5.82 Å². The molecule has 0 aliphatic carbocycles. The maximum atomic E-state index is 14.3. The van der Waals surface area contributed by atoms with Crippen molar-refractivity contribution < 1.29 is 8.78 Å². The van der Waals surface area contributed by atoms with Crippen molar-refractivity contribution in [3.05, 3.63) is 96.6 Å². The van der Waals surface area contributed by atoms with Gasteiger partial charge in [0.15, 0.2) is 11.6 Å². The molecule has 4 heteroatoms. The monoisotopic (exact) mass is 342 g/mol. The van der Waals surface area contributed by atoms with Crippen LogP contribution in [0, 0.1) is 11.6 Å². The van der Waals surface area contributed by atoms with E-state index in [1.54, 1.807) is 12.3 Å². The van der Waals surface area contributed by atoms with Gasteiger partial charge in [-0.1, -0.05) is 51.0 Å². The molecule has 0 unspecified atom stereocenters. The number of aromatic nitrogens is 1. The SMILES string of the molecule is C=C/C(=C\N(C(=C)/C(C)=C\C=C\CC)c1ncc(F)cc1F)C(=C)C. The molecular weight excluding hydrogens is 318 g/mol. The van der Waals surface area contributed by atoms with Crippen LogP contribution in [0.4, 0.5) is 14.6 Å². The standard InChI is InChI=1S/C21H24F2N2/c1-7-9-10-11-16(5)17(6)25(14-18(8-2)15(3)4)21-20(23)12-19(22)13-24-21/h8-14H,2-3,6-7H2,1,4-5H3/b10-9+,16-11-,18-14+. The molecule has 0 radical (unpaired) electrons. The van der Waals surface area contributed by atoms with Crippen molar-refractivity contribution >= 4 is 5.82 Å². The Morgan fingerprint density at radius 1 is 1.28 bits per heavy atom. The fourth-order valence-electron chi connectivity index (χ4n) is 1.96. The number of allylic oxidation sites excluding steroid dienone is 7. The van der Waals surface area contributed by atoms with E-state index in [0.717, 1.165) is 29.8 Å². The minimum Gasteiger partial charge on any atom is -0.299 e. The second kappa shape index (κ2) is 9.52. The summed E-state index contributed by atoms with van der Waals surface area (Å²) < 4.78 is 27.5. The van der Waals surface area contributed by atoms with Crippen LogP contribution in [0.2, 0.25) is 0 Å². The van der Waals surface area contributed by atoms with E-state index in [1.807, 2.05) is 39.0 Å². The molecule has 0 atom stereocenters. The number of halogens is 2. The van der Waals surface area contributed by atoms with Gasteiger partial charge in [0.2, 0.25) is 0 Å². The van der Waals surface area contributed by atoms with E-state index in [4.69, 9.17) is 0 Å². The van der Waals surface area contributed by atoms with Crippen LogP contribution in [0.5, 0.6) is 0 Å². The summed E-state index contributed by atoms with van der Waals surface area (Å²) in [4.78, 5) is 5.36. The van der Waals surface area contributed by atoms with Crippen LogP contribution in [0.25, 0.3) is 0 Å². The van der Waals surface area contributed by atoms with Crippen LogP contribution < -0.4 is 4.90 Å². The van der Waals surface area contributed by atoms with E-state index in [1.165, 1.54) is 4.90 Å². The Morgan fingerprint density at radius 2 is 1.96 bits per heavy atom. The normalized spacial score (nSPS) is 12.4. The Balaban J connectivity index is 3.44. The average Bonchev–Trinajstić information content (AvgIpc) is 2.56. The summed E-state index contributed by atoms with van der Waals surface area (Å²) in [7, 11) is 0. The fraction of sp³-hybridized carbons (Fsp3) is 0.190. The summed E-state index contributed by atoms with van der Waals surface area (Å²) in [5.41, 5.74) is 2.78. The van der Waals surface area contributed by atoms with Gasteiger partial charge in [-0.3, -0.25) is 4.90 Å². The first-order valence-electron chi connectivity index (χ1n) is 7.94. The molecule has 1 aromatic rings. The van der Waals surface area contributed by atoms with Crippen LogP contribution in [0.3, 0.4) is 0 Å². The number of nitrogens with zero attached hydrogens (tertiary/aromatic N) is 2. The molecule has 0 fully saturated rings. The van der Waals surface area contributed by atoms with Crippen molar-refractivity contribution in [3.63, 3.8) is 0 Å². The minimum absolute atomic E-state index is 0.0424. The molecule has 0 aliphatic heterocycles. The molecule has 0 bridgehead atoms. The molecule has 1 aromatic heterocycles. The Hall–Kier alpha value is -2.75. The van der Waals surface area contributed by atoms with E-state index < -0.39 is 11.6 Å². The zero-order valence-corrected chi connectivity index (χ0v) is 15.0. The van der Waals surface area contributed by atoms with Gasteiger partial charge in [0, 0.05) is 18.0 Å². The number of pyridine rings is 1. The first kappa shape index (κ1) is 20.3. The molecule has 132 valence electrons. The van der Waals surface area contributed by atoms with E-state index in [9.17, 15) is 8.78 Å². The second-order valence-corrected chi connectivity index (χ2v) is 5.53. The smallest absolute Gasteiger partial charge is 0.173 e. The lowest BCUT2D eigenvalue weighted by Gasteiger charge is -2.24. The first-order valence-corrected chi connectivity index (χ1v) is 7.94. The molecular formula is C21H24F2N2. The van der Waals surface area contributed by atoms with Gasteiger partial charge in [-0.2, -0.15) is 0 Å². The first-order chi connectivity index (χ1) is 11.8. The summed E-state index contributed by atoms with van der Waals surface area (Å²) in [6, 6.07) is 0.792. The Bertz CT molecular complexity index is 755. The predicted molar refractivity (Wildman–Crippen MR) is 102 cm³/mol. The van der Waals surface area contributed by atoms with Gasteiger partial charge in [0.05, 0.1) is 6.20 Å². The van der Waals surface area contributed by atoms with E-state index in [-0.39, 0.29) is 5.82 Å². The van der Waals surface area contributed by atoms with E-state index in [2.05, 4.69) is 24.7 Å². The fourth-order valence-corrected chi connectivity index (χ4v) is 1.96. The van der Waals surface area contributed by atoms with Crippen molar-refractivity contribution in [1.82, 2.24) is 4.98 Å². The number of hydrogen-bond donors (Lipinski definition) is 0.